The number of carbonyl (C=O) groups is 1. The topological polar surface area (TPSA) is 46.5 Å². The van der Waals surface area contributed by atoms with Crippen LogP contribution < -0.4 is 0 Å². The summed E-state index contributed by atoms with van der Waals surface area (Å²) >= 11 is 3.25. The van der Waals surface area contributed by atoms with Crippen molar-refractivity contribution in [1.82, 2.24) is 0 Å². The molecule has 0 saturated heterocycles. The van der Waals surface area contributed by atoms with E-state index in [1.54, 1.807) is 12.1 Å². The molecule has 19 heavy (non-hydrogen) atoms. The van der Waals surface area contributed by atoms with Crippen molar-refractivity contribution in [1.29, 1.82) is 0 Å². The summed E-state index contributed by atoms with van der Waals surface area (Å²) in [5.41, 5.74) is 4.57. The molecule has 3 nitrogen and oxygen atoms in total. The van der Waals surface area contributed by atoms with E-state index in [2.05, 4.69) is 22.0 Å². The fourth-order valence-electron chi connectivity index (χ4n) is 2.22. The van der Waals surface area contributed by atoms with Crippen LogP contribution in [0.2, 0.25) is 0 Å². The van der Waals surface area contributed by atoms with Crippen LogP contribution in [0.3, 0.4) is 0 Å². The van der Waals surface area contributed by atoms with Gasteiger partial charge in [-0.25, -0.2) is 4.79 Å². The van der Waals surface area contributed by atoms with Crippen molar-refractivity contribution in [2.75, 3.05) is 0 Å². The van der Waals surface area contributed by atoms with E-state index in [0.717, 1.165) is 11.1 Å². The predicted molar refractivity (Wildman–Crippen MR) is 75.0 cm³/mol. The number of rotatable bonds is 2. The van der Waals surface area contributed by atoms with Gasteiger partial charge in [0.2, 0.25) is 0 Å². The van der Waals surface area contributed by atoms with Crippen LogP contribution in [0.5, 0.6) is 0 Å². The molecule has 0 aliphatic carbocycles. The lowest BCUT2D eigenvalue weighted by Gasteiger charge is -2.07. The van der Waals surface area contributed by atoms with Gasteiger partial charge in [-0.1, -0.05) is 18.2 Å². The molecule has 0 fully saturated rings. The van der Waals surface area contributed by atoms with Gasteiger partial charge in [-0.2, -0.15) is 0 Å². The van der Waals surface area contributed by atoms with Crippen LogP contribution in [0.1, 0.15) is 21.5 Å². The minimum atomic E-state index is -0.932. The first-order chi connectivity index (χ1) is 9.15. The van der Waals surface area contributed by atoms with Gasteiger partial charge in [0.1, 0.15) is 0 Å². The number of benzene rings is 2. The zero-order valence-electron chi connectivity index (χ0n) is 10.0. The van der Waals surface area contributed by atoms with Gasteiger partial charge in [0.05, 0.1) is 18.8 Å². The van der Waals surface area contributed by atoms with Gasteiger partial charge in [0.25, 0.3) is 0 Å². The summed E-state index contributed by atoms with van der Waals surface area (Å²) in [5, 5.41) is 9.14. The number of hydrogen-bond acceptors (Lipinski definition) is 2. The summed E-state index contributed by atoms with van der Waals surface area (Å²) in [6.07, 6.45) is 0. The van der Waals surface area contributed by atoms with Crippen LogP contribution in [-0.4, -0.2) is 11.1 Å². The molecule has 0 saturated carbocycles. The lowest BCUT2D eigenvalue weighted by molar-refractivity contribution is 0.0696. The monoisotopic (exact) mass is 318 g/mol. The maximum absolute atomic E-state index is 11.1. The second-order valence-corrected chi connectivity index (χ2v) is 5.33. The first-order valence-corrected chi connectivity index (χ1v) is 6.67. The van der Waals surface area contributed by atoms with E-state index >= 15 is 0 Å². The molecule has 2 aromatic rings. The Morgan fingerprint density at radius 2 is 1.74 bits per heavy atom. The molecule has 0 bridgehead atoms. The van der Waals surface area contributed by atoms with Gasteiger partial charge in [-0.15, -0.1) is 0 Å². The van der Waals surface area contributed by atoms with Gasteiger partial charge < -0.3 is 9.84 Å². The lowest BCUT2D eigenvalue weighted by Crippen LogP contribution is -1.98. The molecule has 96 valence electrons. The van der Waals surface area contributed by atoms with Crippen molar-refractivity contribution < 1.29 is 14.6 Å². The molecule has 1 heterocycles. The number of aromatic carboxylic acids is 1. The summed E-state index contributed by atoms with van der Waals surface area (Å²) in [6, 6.07) is 11.5. The van der Waals surface area contributed by atoms with E-state index in [1.165, 1.54) is 11.1 Å². The molecule has 1 N–H and O–H groups in total. The highest BCUT2D eigenvalue weighted by Crippen LogP contribution is 2.29. The maximum atomic E-state index is 11.1. The molecule has 0 unspecified atom stereocenters. The Hall–Kier alpha value is -1.65. The number of carboxylic acid groups (broad SMARTS) is 1. The molecule has 3 rings (SSSR count). The molecule has 0 spiro atoms. The van der Waals surface area contributed by atoms with Crippen molar-refractivity contribution in [3.05, 3.63) is 57.6 Å². The Kier molecular flexibility index (Phi) is 3.12. The summed E-state index contributed by atoms with van der Waals surface area (Å²) < 4.78 is 5.98. The van der Waals surface area contributed by atoms with Crippen molar-refractivity contribution in [2.45, 2.75) is 13.2 Å². The molecule has 0 radical (unpaired) electrons. The van der Waals surface area contributed by atoms with E-state index in [-0.39, 0.29) is 5.56 Å². The quantitative estimate of drug-likeness (QED) is 0.915. The van der Waals surface area contributed by atoms with E-state index < -0.39 is 5.97 Å². The minimum absolute atomic E-state index is 0.272. The van der Waals surface area contributed by atoms with Crippen molar-refractivity contribution in [3.63, 3.8) is 0 Å². The Balaban J connectivity index is 2.07. The second kappa shape index (κ2) is 4.79. The first kappa shape index (κ1) is 12.4. The van der Waals surface area contributed by atoms with Crippen molar-refractivity contribution in [2.24, 2.45) is 0 Å². The Bertz CT molecular complexity index is 664. The average Bonchev–Trinajstić information content (AvgIpc) is 2.86. The van der Waals surface area contributed by atoms with Crippen LogP contribution >= 0.6 is 15.9 Å². The van der Waals surface area contributed by atoms with Gasteiger partial charge in [0, 0.05) is 4.47 Å². The smallest absolute Gasteiger partial charge is 0.336 e. The normalized spacial score (nSPS) is 13.3. The molecular weight excluding hydrogens is 308 g/mol. The summed E-state index contributed by atoms with van der Waals surface area (Å²) in [6.45, 7) is 1.29. The zero-order chi connectivity index (χ0) is 13.4. The van der Waals surface area contributed by atoms with E-state index in [4.69, 9.17) is 9.84 Å². The van der Waals surface area contributed by atoms with Gasteiger partial charge >= 0.3 is 5.97 Å². The van der Waals surface area contributed by atoms with Crippen LogP contribution in [0.25, 0.3) is 11.1 Å². The van der Waals surface area contributed by atoms with Crippen LogP contribution in [0.4, 0.5) is 0 Å². The molecule has 0 aromatic heterocycles. The minimum Gasteiger partial charge on any atom is -0.478 e. The van der Waals surface area contributed by atoms with Gasteiger partial charge in [-0.05, 0) is 56.4 Å². The highest BCUT2D eigenvalue weighted by molar-refractivity contribution is 9.10. The highest BCUT2D eigenvalue weighted by Gasteiger charge is 2.14. The standard InChI is InChI=1S/C15H11BrO3/c16-14-4-3-10(6-13(14)15(17)18)9-1-2-11-7-19-8-12(11)5-9/h1-6H,7-8H2,(H,17,18). The molecule has 0 atom stereocenters. The van der Waals surface area contributed by atoms with E-state index in [0.29, 0.717) is 17.7 Å². The third kappa shape index (κ3) is 2.29. The Labute approximate surface area is 119 Å². The van der Waals surface area contributed by atoms with Crippen LogP contribution in [-0.2, 0) is 18.0 Å². The molecule has 1 aliphatic rings. The highest BCUT2D eigenvalue weighted by atomic mass is 79.9. The fraction of sp³-hybridized carbons (Fsp3) is 0.133. The zero-order valence-corrected chi connectivity index (χ0v) is 11.6. The molecule has 0 amide bonds. The molecule has 4 heteroatoms. The Morgan fingerprint density at radius 1 is 1.05 bits per heavy atom. The average molecular weight is 319 g/mol. The van der Waals surface area contributed by atoms with E-state index in [9.17, 15) is 4.79 Å². The summed E-state index contributed by atoms with van der Waals surface area (Å²) in [5.74, 6) is -0.932. The summed E-state index contributed by atoms with van der Waals surface area (Å²) in [4.78, 5) is 11.1. The largest absolute Gasteiger partial charge is 0.478 e. The van der Waals surface area contributed by atoms with Crippen molar-refractivity contribution >= 4 is 21.9 Å². The molecular formula is C15H11BrO3. The molecule has 1 aliphatic heterocycles. The maximum Gasteiger partial charge on any atom is 0.336 e. The van der Waals surface area contributed by atoms with Gasteiger partial charge in [-0.3, -0.25) is 0 Å². The Morgan fingerprint density at radius 3 is 2.53 bits per heavy atom. The summed E-state index contributed by atoms with van der Waals surface area (Å²) in [7, 11) is 0. The first-order valence-electron chi connectivity index (χ1n) is 5.88. The molecule has 2 aromatic carbocycles. The third-order valence-corrected chi connectivity index (χ3v) is 3.94. The predicted octanol–water partition coefficient (Wildman–Crippen LogP) is 3.84. The van der Waals surface area contributed by atoms with Crippen LogP contribution in [0.15, 0.2) is 40.9 Å². The lowest BCUT2D eigenvalue weighted by atomic mass is 9.99. The van der Waals surface area contributed by atoms with E-state index in [1.807, 2.05) is 18.2 Å². The van der Waals surface area contributed by atoms with Crippen molar-refractivity contribution in [3.8, 4) is 11.1 Å². The van der Waals surface area contributed by atoms with Crippen LogP contribution in [0, 0.1) is 0 Å². The third-order valence-electron chi connectivity index (χ3n) is 3.25. The fourth-order valence-corrected chi connectivity index (χ4v) is 2.64. The number of fused-ring (bicyclic) bond motifs is 1. The number of carboxylic acids is 1. The second-order valence-electron chi connectivity index (χ2n) is 4.48. The number of halogens is 1. The van der Waals surface area contributed by atoms with Gasteiger partial charge in [0.15, 0.2) is 0 Å². The number of ether oxygens (including phenoxy) is 1. The number of hydrogen-bond donors (Lipinski definition) is 1. The SMILES string of the molecule is O=C(O)c1cc(-c2ccc3c(c2)COC3)ccc1Br.